The molecule has 0 amide bonds. The molecular formula is C18H33N3O3. The van der Waals surface area contributed by atoms with Crippen molar-refractivity contribution in [3.63, 3.8) is 0 Å². The Labute approximate surface area is 145 Å². The van der Waals surface area contributed by atoms with Gasteiger partial charge in [-0.3, -0.25) is 9.79 Å². The Morgan fingerprint density at radius 3 is 2.46 bits per heavy atom. The van der Waals surface area contributed by atoms with Gasteiger partial charge in [-0.25, -0.2) is 0 Å². The molecule has 0 aliphatic heterocycles. The molecule has 2 rings (SSSR count). The third kappa shape index (κ3) is 5.65. The lowest BCUT2D eigenvalue weighted by atomic mass is 9.86. The molecule has 0 aromatic rings. The van der Waals surface area contributed by atoms with E-state index in [0.29, 0.717) is 19.2 Å². The number of nitrogens with zero attached hydrogens (tertiary/aromatic N) is 1. The molecule has 0 unspecified atom stereocenters. The van der Waals surface area contributed by atoms with Crippen LogP contribution in [0.3, 0.4) is 0 Å². The van der Waals surface area contributed by atoms with Crippen molar-refractivity contribution in [3.05, 3.63) is 0 Å². The standard InChI is InChI=1S/C18H33N3O3/c1-3-19-17(20-13-18(23)11-5-6-12-18)21-15-9-7-14(8-10-15)16(22)24-4-2/h14-15,23H,3-13H2,1-2H3,(H2,19,20,21). The number of rotatable bonds is 6. The zero-order valence-electron chi connectivity index (χ0n) is 15.1. The molecule has 138 valence electrons. The van der Waals surface area contributed by atoms with Crippen LogP contribution in [0.1, 0.15) is 65.2 Å². The molecule has 0 saturated heterocycles. The van der Waals surface area contributed by atoms with E-state index in [2.05, 4.69) is 15.6 Å². The van der Waals surface area contributed by atoms with E-state index in [1.54, 1.807) is 0 Å². The summed E-state index contributed by atoms with van der Waals surface area (Å²) in [4.78, 5) is 16.4. The van der Waals surface area contributed by atoms with Crippen molar-refractivity contribution in [2.75, 3.05) is 19.7 Å². The van der Waals surface area contributed by atoms with Gasteiger partial charge >= 0.3 is 5.97 Å². The van der Waals surface area contributed by atoms with Gasteiger partial charge < -0.3 is 20.5 Å². The first-order chi connectivity index (χ1) is 11.6. The molecule has 0 spiro atoms. The largest absolute Gasteiger partial charge is 0.466 e. The molecule has 0 aromatic carbocycles. The first-order valence-corrected chi connectivity index (χ1v) is 9.50. The van der Waals surface area contributed by atoms with E-state index in [9.17, 15) is 9.90 Å². The van der Waals surface area contributed by atoms with Crippen LogP contribution in [0.15, 0.2) is 4.99 Å². The molecule has 2 aliphatic carbocycles. The third-order valence-electron chi connectivity index (χ3n) is 5.10. The zero-order chi connectivity index (χ0) is 17.4. The molecule has 6 heteroatoms. The second-order valence-electron chi connectivity index (χ2n) is 7.07. The molecule has 0 bridgehead atoms. The lowest BCUT2D eigenvalue weighted by molar-refractivity contribution is -0.149. The van der Waals surface area contributed by atoms with Crippen LogP contribution in [-0.4, -0.2) is 48.4 Å². The van der Waals surface area contributed by atoms with E-state index < -0.39 is 5.60 Å². The quantitative estimate of drug-likeness (QED) is 0.391. The number of ether oxygens (including phenoxy) is 1. The molecule has 24 heavy (non-hydrogen) atoms. The van der Waals surface area contributed by atoms with E-state index >= 15 is 0 Å². The van der Waals surface area contributed by atoms with Crippen molar-refractivity contribution in [1.82, 2.24) is 10.6 Å². The first-order valence-electron chi connectivity index (χ1n) is 9.50. The van der Waals surface area contributed by atoms with Gasteiger partial charge in [-0.05, 0) is 52.4 Å². The number of hydrogen-bond acceptors (Lipinski definition) is 4. The molecular weight excluding hydrogens is 306 g/mol. The summed E-state index contributed by atoms with van der Waals surface area (Å²) in [7, 11) is 0. The highest BCUT2D eigenvalue weighted by molar-refractivity contribution is 5.80. The fourth-order valence-electron chi connectivity index (χ4n) is 3.66. The van der Waals surface area contributed by atoms with E-state index in [4.69, 9.17) is 4.74 Å². The molecule has 2 fully saturated rings. The summed E-state index contributed by atoms with van der Waals surface area (Å²) in [5.74, 6) is 0.763. The Balaban J connectivity index is 1.82. The minimum absolute atomic E-state index is 0.0433. The van der Waals surface area contributed by atoms with Crippen LogP contribution in [0.5, 0.6) is 0 Å². The van der Waals surface area contributed by atoms with Crippen LogP contribution >= 0.6 is 0 Å². The second kappa shape index (κ2) is 9.25. The number of nitrogens with one attached hydrogen (secondary N) is 2. The summed E-state index contributed by atoms with van der Waals surface area (Å²) < 4.78 is 5.12. The molecule has 2 saturated carbocycles. The minimum Gasteiger partial charge on any atom is -0.466 e. The topological polar surface area (TPSA) is 83.0 Å². The van der Waals surface area contributed by atoms with E-state index in [0.717, 1.165) is 63.9 Å². The number of hydrogen-bond donors (Lipinski definition) is 3. The highest BCUT2D eigenvalue weighted by Gasteiger charge is 2.31. The van der Waals surface area contributed by atoms with Gasteiger partial charge in [0.05, 0.1) is 24.7 Å². The summed E-state index contributed by atoms with van der Waals surface area (Å²) in [5, 5.41) is 17.2. The van der Waals surface area contributed by atoms with Crippen LogP contribution in [0.25, 0.3) is 0 Å². The van der Waals surface area contributed by atoms with Crippen molar-refractivity contribution in [3.8, 4) is 0 Å². The molecule has 0 aromatic heterocycles. The molecule has 0 atom stereocenters. The van der Waals surface area contributed by atoms with Crippen molar-refractivity contribution in [2.24, 2.45) is 10.9 Å². The average Bonchev–Trinajstić information content (AvgIpc) is 3.01. The lowest BCUT2D eigenvalue weighted by Gasteiger charge is -2.29. The number of carbonyl (C=O) groups is 1. The summed E-state index contributed by atoms with van der Waals surface area (Å²) in [6.07, 6.45) is 7.48. The molecule has 0 radical (unpaired) electrons. The maximum Gasteiger partial charge on any atom is 0.308 e. The summed E-state index contributed by atoms with van der Waals surface area (Å²) >= 11 is 0. The number of esters is 1. The average molecular weight is 339 g/mol. The van der Waals surface area contributed by atoms with Crippen molar-refractivity contribution >= 4 is 11.9 Å². The Morgan fingerprint density at radius 2 is 1.88 bits per heavy atom. The van der Waals surface area contributed by atoms with Crippen LogP contribution < -0.4 is 10.6 Å². The number of aliphatic hydroxyl groups is 1. The zero-order valence-corrected chi connectivity index (χ0v) is 15.1. The number of aliphatic imine (C=N–C) groups is 1. The SMILES string of the molecule is CCNC(=NCC1(O)CCCC1)NC1CCC(C(=O)OCC)CC1. The van der Waals surface area contributed by atoms with Gasteiger partial charge in [0.2, 0.25) is 0 Å². The molecule has 3 N–H and O–H groups in total. The molecule has 2 aliphatic rings. The van der Waals surface area contributed by atoms with Crippen LogP contribution in [0.2, 0.25) is 0 Å². The predicted octanol–water partition coefficient (Wildman–Crippen LogP) is 1.97. The fourth-order valence-corrected chi connectivity index (χ4v) is 3.66. The maximum atomic E-state index is 11.8. The van der Waals surface area contributed by atoms with Crippen LogP contribution in [0.4, 0.5) is 0 Å². The van der Waals surface area contributed by atoms with E-state index in [1.165, 1.54) is 0 Å². The Bertz CT molecular complexity index is 425. The van der Waals surface area contributed by atoms with Gasteiger partial charge in [0.1, 0.15) is 0 Å². The highest BCUT2D eigenvalue weighted by atomic mass is 16.5. The van der Waals surface area contributed by atoms with Crippen LogP contribution in [-0.2, 0) is 9.53 Å². The molecule has 6 nitrogen and oxygen atoms in total. The Morgan fingerprint density at radius 1 is 1.21 bits per heavy atom. The highest BCUT2D eigenvalue weighted by Crippen LogP contribution is 2.29. The fraction of sp³-hybridized carbons (Fsp3) is 0.889. The van der Waals surface area contributed by atoms with Gasteiger partial charge in [-0.1, -0.05) is 12.8 Å². The second-order valence-corrected chi connectivity index (χ2v) is 7.07. The van der Waals surface area contributed by atoms with Gasteiger partial charge in [0, 0.05) is 12.6 Å². The van der Waals surface area contributed by atoms with Crippen LogP contribution in [0, 0.1) is 5.92 Å². The van der Waals surface area contributed by atoms with Crippen molar-refractivity contribution < 1.29 is 14.6 Å². The van der Waals surface area contributed by atoms with E-state index in [1.807, 2.05) is 13.8 Å². The summed E-state index contributed by atoms with van der Waals surface area (Å²) in [6.45, 7) is 5.60. The Kier molecular flexibility index (Phi) is 7.34. The monoisotopic (exact) mass is 339 g/mol. The predicted molar refractivity (Wildman–Crippen MR) is 94.9 cm³/mol. The normalized spacial score (nSPS) is 26.9. The van der Waals surface area contributed by atoms with Gasteiger partial charge in [0.25, 0.3) is 0 Å². The van der Waals surface area contributed by atoms with Gasteiger partial charge in [0.15, 0.2) is 5.96 Å². The smallest absolute Gasteiger partial charge is 0.308 e. The van der Waals surface area contributed by atoms with Gasteiger partial charge in [-0.15, -0.1) is 0 Å². The van der Waals surface area contributed by atoms with Gasteiger partial charge in [-0.2, -0.15) is 0 Å². The first kappa shape index (κ1) is 19.0. The van der Waals surface area contributed by atoms with Crippen molar-refractivity contribution in [2.45, 2.75) is 76.9 Å². The van der Waals surface area contributed by atoms with Crippen molar-refractivity contribution in [1.29, 1.82) is 0 Å². The third-order valence-corrected chi connectivity index (χ3v) is 5.10. The lowest BCUT2D eigenvalue weighted by Crippen LogP contribution is -2.46. The minimum atomic E-state index is -0.621. The summed E-state index contributed by atoms with van der Waals surface area (Å²) in [6, 6.07) is 0.326. The van der Waals surface area contributed by atoms with E-state index in [-0.39, 0.29) is 11.9 Å². The summed E-state index contributed by atoms with van der Waals surface area (Å²) in [5.41, 5.74) is -0.621. The maximum absolute atomic E-state index is 11.8. The molecule has 0 heterocycles. The number of carbonyl (C=O) groups excluding carboxylic acids is 1. The Hall–Kier alpha value is -1.30. The number of guanidine groups is 1.